The minimum absolute atomic E-state index is 0.188. The van der Waals surface area contributed by atoms with E-state index >= 15 is 0 Å². The molecular formula is C17H27N3O2. The fraction of sp³-hybridized carbons (Fsp3) is 0.706. The van der Waals surface area contributed by atoms with Gasteiger partial charge < -0.3 is 19.5 Å². The molecular weight excluding hydrogens is 278 g/mol. The first-order valence-electron chi connectivity index (χ1n) is 8.34. The molecule has 2 aliphatic rings. The van der Waals surface area contributed by atoms with Gasteiger partial charge in [0.25, 0.3) is 5.56 Å². The van der Waals surface area contributed by atoms with Crippen LogP contribution >= 0.6 is 0 Å². The van der Waals surface area contributed by atoms with Crippen molar-refractivity contribution in [1.29, 1.82) is 0 Å². The van der Waals surface area contributed by atoms with Gasteiger partial charge in [-0.05, 0) is 37.9 Å². The van der Waals surface area contributed by atoms with Gasteiger partial charge >= 0.3 is 0 Å². The third-order valence-corrected chi connectivity index (χ3v) is 4.62. The normalized spacial score (nSPS) is 18.5. The number of rotatable bonds is 7. The average Bonchev–Trinajstić information content (AvgIpc) is 3.32. The molecule has 0 radical (unpaired) electrons. The van der Waals surface area contributed by atoms with Gasteiger partial charge in [-0.2, -0.15) is 0 Å². The molecule has 5 nitrogen and oxygen atoms in total. The van der Waals surface area contributed by atoms with E-state index in [2.05, 4.69) is 23.3 Å². The van der Waals surface area contributed by atoms with Crippen molar-refractivity contribution in [1.82, 2.24) is 14.8 Å². The van der Waals surface area contributed by atoms with Gasteiger partial charge in [0.05, 0.1) is 0 Å². The number of nitrogens with one attached hydrogen (secondary N) is 1. The maximum atomic E-state index is 12.8. The van der Waals surface area contributed by atoms with Gasteiger partial charge in [0.1, 0.15) is 0 Å². The molecule has 0 unspecified atom stereocenters. The van der Waals surface area contributed by atoms with Crippen LogP contribution < -0.4 is 10.9 Å². The number of methoxy groups -OCH3 is 1. The maximum Gasteiger partial charge on any atom is 0.255 e. The number of likely N-dealkylation sites (N-methyl/N-ethyl adjacent to an activating group) is 1. The van der Waals surface area contributed by atoms with Crippen LogP contribution in [0.15, 0.2) is 10.9 Å². The predicted molar refractivity (Wildman–Crippen MR) is 87.1 cm³/mol. The molecule has 5 heteroatoms. The lowest BCUT2D eigenvalue weighted by Crippen LogP contribution is -2.36. The van der Waals surface area contributed by atoms with Gasteiger partial charge in [-0.15, -0.1) is 0 Å². The Morgan fingerprint density at radius 2 is 2.23 bits per heavy atom. The molecule has 1 N–H and O–H groups in total. The van der Waals surface area contributed by atoms with Crippen LogP contribution in [0.4, 0.5) is 0 Å². The van der Waals surface area contributed by atoms with Crippen LogP contribution in [0.5, 0.6) is 0 Å². The molecule has 122 valence electrons. The lowest BCUT2D eigenvalue weighted by Gasteiger charge is -2.28. The van der Waals surface area contributed by atoms with E-state index in [-0.39, 0.29) is 5.56 Å². The SMILES string of the molecule is COCCCn1c2c(cc(CNC3CC3)c1=O)CN(C)CC2. The fourth-order valence-corrected chi connectivity index (χ4v) is 3.20. The Morgan fingerprint density at radius 3 is 2.95 bits per heavy atom. The first-order chi connectivity index (χ1) is 10.7. The number of nitrogens with zero attached hydrogens (tertiary/aromatic N) is 2. The minimum Gasteiger partial charge on any atom is -0.385 e. The standard InChI is InChI=1S/C17H27N3O2/c1-19-8-6-16-14(12-19)10-13(11-18-15-4-5-15)17(21)20(16)7-3-9-22-2/h10,15,18H,3-9,11-12H2,1-2H3. The van der Waals surface area contributed by atoms with Crippen molar-refractivity contribution in [2.75, 3.05) is 27.3 Å². The Labute approximate surface area is 132 Å². The van der Waals surface area contributed by atoms with Crippen LogP contribution in [0.1, 0.15) is 36.1 Å². The molecule has 0 spiro atoms. The molecule has 1 aliphatic carbocycles. The molecule has 22 heavy (non-hydrogen) atoms. The lowest BCUT2D eigenvalue weighted by molar-refractivity contribution is 0.189. The Morgan fingerprint density at radius 1 is 1.41 bits per heavy atom. The molecule has 0 amide bonds. The van der Waals surface area contributed by atoms with Crippen LogP contribution in [0.25, 0.3) is 0 Å². The first kappa shape index (κ1) is 15.7. The number of pyridine rings is 1. The second kappa shape index (κ2) is 6.94. The van der Waals surface area contributed by atoms with E-state index in [0.29, 0.717) is 19.2 Å². The highest BCUT2D eigenvalue weighted by Crippen LogP contribution is 2.21. The maximum absolute atomic E-state index is 12.8. The van der Waals surface area contributed by atoms with Crippen molar-refractivity contribution in [2.45, 2.75) is 51.4 Å². The molecule has 1 fully saturated rings. The smallest absolute Gasteiger partial charge is 0.255 e. The van der Waals surface area contributed by atoms with Gasteiger partial charge in [-0.1, -0.05) is 0 Å². The molecule has 1 aromatic rings. The molecule has 1 aliphatic heterocycles. The molecule has 1 saturated carbocycles. The van der Waals surface area contributed by atoms with E-state index in [1.807, 2.05) is 4.57 Å². The third kappa shape index (κ3) is 3.59. The summed E-state index contributed by atoms with van der Waals surface area (Å²) in [6.45, 7) is 4.12. The van der Waals surface area contributed by atoms with Gasteiger partial charge in [0, 0.05) is 63.6 Å². The zero-order valence-electron chi connectivity index (χ0n) is 13.7. The zero-order valence-corrected chi connectivity index (χ0v) is 13.7. The van der Waals surface area contributed by atoms with Gasteiger partial charge in [-0.3, -0.25) is 4.79 Å². The monoisotopic (exact) mass is 305 g/mol. The predicted octanol–water partition coefficient (Wildman–Crippen LogP) is 1.12. The molecule has 0 aromatic carbocycles. The van der Waals surface area contributed by atoms with E-state index in [4.69, 9.17) is 4.74 Å². The fourth-order valence-electron chi connectivity index (χ4n) is 3.20. The highest BCUT2D eigenvalue weighted by atomic mass is 16.5. The summed E-state index contributed by atoms with van der Waals surface area (Å²) in [4.78, 5) is 15.1. The number of fused-ring (bicyclic) bond motifs is 1. The van der Waals surface area contributed by atoms with Crippen molar-refractivity contribution >= 4 is 0 Å². The molecule has 0 saturated heterocycles. The minimum atomic E-state index is 0.188. The number of hydrogen-bond acceptors (Lipinski definition) is 4. The van der Waals surface area contributed by atoms with Gasteiger partial charge in [-0.25, -0.2) is 0 Å². The van der Waals surface area contributed by atoms with E-state index in [1.54, 1.807) is 7.11 Å². The summed E-state index contributed by atoms with van der Waals surface area (Å²) in [6, 6.07) is 2.76. The van der Waals surface area contributed by atoms with Crippen molar-refractivity contribution in [3.8, 4) is 0 Å². The molecule has 3 rings (SSSR count). The largest absolute Gasteiger partial charge is 0.385 e. The molecule has 2 heterocycles. The van der Waals surface area contributed by atoms with Crippen molar-refractivity contribution in [3.05, 3.63) is 33.2 Å². The van der Waals surface area contributed by atoms with E-state index in [0.717, 1.165) is 38.0 Å². The summed E-state index contributed by atoms with van der Waals surface area (Å²) < 4.78 is 7.15. The van der Waals surface area contributed by atoms with E-state index in [9.17, 15) is 4.79 Å². The van der Waals surface area contributed by atoms with Crippen LogP contribution in [0.3, 0.4) is 0 Å². The Hall–Kier alpha value is -1.17. The summed E-state index contributed by atoms with van der Waals surface area (Å²) >= 11 is 0. The third-order valence-electron chi connectivity index (χ3n) is 4.62. The Balaban J connectivity index is 1.87. The molecule has 0 atom stereocenters. The highest BCUT2D eigenvalue weighted by molar-refractivity contribution is 5.29. The van der Waals surface area contributed by atoms with Crippen LogP contribution in [0.2, 0.25) is 0 Å². The molecule has 1 aromatic heterocycles. The topological polar surface area (TPSA) is 46.5 Å². The summed E-state index contributed by atoms with van der Waals surface area (Å²) in [5, 5.41) is 3.47. The summed E-state index contributed by atoms with van der Waals surface area (Å²) in [7, 11) is 3.86. The number of hydrogen-bond donors (Lipinski definition) is 1. The van der Waals surface area contributed by atoms with Crippen LogP contribution in [-0.2, 0) is 30.8 Å². The zero-order chi connectivity index (χ0) is 15.5. The summed E-state index contributed by atoms with van der Waals surface area (Å²) in [5.74, 6) is 0. The van der Waals surface area contributed by atoms with Crippen LogP contribution in [0, 0.1) is 0 Å². The highest BCUT2D eigenvalue weighted by Gasteiger charge is 2.23. The Kier molecular flexibility index (Phi) is 4.96. The second-order valence-corrected chi connectivity index (χ2v) is 6.59. The lowest BCUT2D eigenvalue weighted by atomic mass is 10.0. The molecule has 0 bridgehead atoms. The van der Waals surface area contributed by atoms with E-state index < -0.39 is 0 Å². The average molecular weight is 305 g/mol. The number of ether oxygens (including phenoxy) is 1. The van der Waals surface area contributed by atoms with Gasteiger partial charge in [0.15, 0.2) is 0 Å². The van der Waals surface area contributed by atoms with Crippen molar-refractivity contribution in [3.63, 3.8) is 0 Å². The number of aromatic nitrogens is 1. The van der Waals surface area contributed by atoms with Crippen molar-refractivity contribution < 1.29 is 4.74 Å². The summed E-state index contributed by atoms with van der Waals surface area (Å²) in [5.41, 5.74) is 3.65. The van der Waals surface area contributed by atoms with Crippen molar-refractivity contribution in [2.24, 2.45) is 0 Å². The Bertz CT molecular complexity index is 578. The first-order valence-corrected chi connectivity index (χ1v) is 8.34. The second-order valence-electron chi connectivity index (χ2n) is 6.59. The quantitative estimate of drug-likeness (QED) is 0.767. The summed E-state index contributed by atoms with van der Waals surface area (Å²) in [6.07, 6.45) is 4.34. The van der Waals surface area contributed by atoms with Gasteiger partial charge in [0.2, 0.25) is 0 Å². The van der Waals surface area contributed by atoms with E-state index in [1.165, 1.54) is 24.1 Å². The van der Waals surface area contributed by atoms with Crippen LogP contribution in [-0.4, -0.2) is 42.8 Å².